The van der Waals surface area contributed by atoms with E-state index >= 15 is 0 Å². The number of nitrogens with one attached hydrogen (secondary N) is 1. The van der Waals surface area contributed by atoms with Crippen LogP contribution in [0.1, 0.15) is 39.4 Å². The molecule has 1 aromatic rings. The van der Waals surface area contributed by atoms with E-state index in [1.165, 1.54) is 10.8 Å². The van der Waals surface area contributed by atoms with E-state index < -0.39 is 16.6 Å². The number of amides is 2. The fraction of sp³-hybridized carbons (Fsp3) is 0.706. The Morgan fingerprint density at radius 2 is 2.00 bits per heavy atom. The van der Waals surface area contributed by atoms with Gasteiger partial charge in [-0.15, -0.1) is 0 Å². The van der Waals surface area contributed by atoms with Gasteiger partial charge in [0.1, 0.15) is 24.9 Å². The molecule has 2 rings (SSSR count). The normalized spacial score (nSPS) is 15.2. The monoisotopic (exact) mass is 397 g/mol. The maximum Gasteiger partial charge on any atom is 0.410 e. The highest BCUT2D eigenvalue weighted by Crippen LogP contribution is 2.16. The number of piperidine rings is 1. The van der Waals surface area contributed by atoms with Crippen molar-refractivity contribution in [2.75, 3.05) is 19.7 Å². The molecule has 0 saturated carbocycles. The van der Waals surface area contributed by atoms with Gasteiger partial charge in [0.15, 0.2) is 5.82 Å². The maximum atomic E-state index is 12.0. The molecule has 0 spiro atoms. The van der Waals surface area contributed by atoms with Crippen LogP contribution in [0.5, 0.6) is 0 Å². The molecule has 0 aliphatic carbocycles. The minimum absolute atomic E-state index is 0.0133. The number of imidazole rings is 1. The summed E-state index contributed by atoms with van der Waals surface area (Å²) in [5, 5.41) is 13.7. The van der Waals surface area contributed by atoms with Crippen LogP contribution in [0.3, 0.4) is 0 Å². The third-order valence-electron chi connectivity index (χ3n) is 4.24. The molecule has 1 aliphatic rings. The lowest BCUT2D eigenvalue weighted by atomic mass is 10.1. The van der Waals surface area contributed by atoms with Crippen molar-refractivity contribution in [2.45, 2.75) is 58.7 Å². The van der Waals surface area contributed by atoms with Crippen LogP contribution in [0.2, 0.25) is 0 Å². The van der Waals surface area contributed by atoms with Gasteiger partial charge in [-0.05, 0) is 38.5 Å². The topological polar surface area (TPSA) is 129 Å². The minimum atomic E-state index is -0.587. The standard InChI is InChI=1S/C17H27N5O6/c1-12-18-11-14(22(25)26)21(12)9-10-27-15(23)19-13-5-7-20(8-6-13)16(24)28-17(2,3)4/h11,13H,5-10H2,1-4H3,(H,19,23). The van der Waals surface area contributed by atoms with Crippen molar-refractivity contribution in [3.05, 3.63) is 22.1 Å². The summed E-state index contributed by atoms with van der Waals surface area (Å²) in [7, 11) is 0. The highest BCUT2D eigenvalue weighted by Gasteiger charge is 2.27. The lowest BCUT2D eigenvalue weighted by molar-refractivity contribution is -0.392. The number of aromatic nitrogens is 2. The highest BCUT2D eigenvalue weighted by molar-refractivity contribution is 5.69. The molecule has 0 atom stereocenters. The number of hydrogen-bond acceptors (Lipinski definition) is 7. The van der Waals surface area contributed by atoms with E-state index in [9.17, 15) is 19.7 Å². The zero-order valence-corrected chi connectivity index (χ0v) is 16.6. The molecule has 1 aromatic heterocycles. The number of carbonyl (C=O) groups excluding carboxylic acids is 2. The zero-order valence-electron chi connectivity index (χ0n) is 16.6. The first-order valence-electron chi connectivity index (χ1n) is 9.14. The van der Waals surface area contributed by atoms with E-state index in [2.05, 4.69) is 10.3 Å². The molecule has 0 unspecified atom stereocenters. The van der Waals surface area contributed by atoms with Gasteiger partial charge in [-0.3, -0.25) is 0 Å². The molecule has 156 valence electrons. The number of carbonyl (C=O) groups is 2. The molecule has 1 N–H and O–H groups in total. The quantitative estimate of drug-likeness (QED) is 0.596. The van der Waals surface area contributed by atoms with Crippen LogP contribution in [-0.4, -0.2) is 62.9 Å². The number of nitrogens with zero attached hydrogens (tertiary/aromatic N) is 4. The van der Waals surface area contributed by atoms with Crippen molar-refractivity contribution in [3.8, 4) is 0 Å². The van der Waals surface area contributed by atoms with E-state index in [1.807, 2.05) is 20.8 Å². The van der Waals surface area contributed by atoms with Crippen molar-refractivity contribution in [3.63, 3.8) is 0 Å². The molecule has 2 heterocycles. The largest absolute Gasteiger partial charge is 0.445 e. The van der Waals surface area contributed by atoms with Gasteiger partial charge in [0.05, 0.1) is 0 Å². The van der Waals surface area contributed by atoms with Crippen molar-refractivity contribution in [1.82, 2.24) is 19.8 Å². The second kappa shape index (κ2) is 8.89. The summed E-state index contributed by atoms with van der Waals surface area (Å²) >= 11 is 0. The number of likely N-dealkylation sites (tertiary alicyclic amines) is 1. The van der Waals surface area contributed by atoms with Gasteiger partial charge in [-0.25, -0.2) is 19.1 Å². The first-order valence-corrected chi connectivity index (χ1v) is 9.14. The van der Waals surface area contributed by atoms with Gasteiger partial charge < -0.3 is 29.8 Å². The summed E-state index contributed by atoms with van der Waals surface area (Å²) < 4.78 is 11.8. The summed E-state index contributed by atoms with van der Waals surface area (Å²) in [4.78, 5) is 39.9. The van der Waals surface area contributed by atoms with Gasteiger partial charge in [0.2, 0.25) is 0 Å². The molecule has 1 aliphatic heterocycles. The molecule has 2 amide bonds. The predicted octanol–water partition coefficient (Wildman–Crippen LogP) is 2.23. The summed E-state index contributed by atoms with van der Waals surface area (Å²) in [6.07, 6.45) is 1.43. The Hall–Kier alpha value is -2.85. The van der Waals surface area contributed by atoms with Crippen molar-refractivity contribution >= 4 is 18.0 Å². The second-order valence-electron chi connectivity index (χ2n) is 7.59. The van der Waals surface area contributed by atoms with Crippen LogP contribution in [-0.2, 0) is 16.0 Å². The van der Waals surface area contributed by atoms with Gasteiger partial charge in [-0.2, -0.15) is 0 Å². The number of aryl methyl sites for hydroxylation is 1. The summed E-state index contributed by atoms with van der Waals surface area (Å²) in [6, 6.07) is -0.101. The molecule has 0 aromatic carbocycles. The zero-order chi connectivity index (χ0) is 20.9. The maximum absolute atomic E-state index is 12.0. The average Bonchev–Trinajstić information content (AvgIpc) is 2.95. The molecule has 11 heteroatoms. The van der Waals surface area contributed by atoms with E-state index in [1.54, 1.807) is 11.8 Å². The van der Waals surface area contributed by atoms with Crippen molar-refractivity contribution < 1.29 is 24.0 Å². The lowest BCUT2D eigenvalue weighted by Gasteiger charge is -2.33. The van der Waals surface area contributed by atoms with Gasteiger partial charge in [-0.1, -0.05) is 0 Å². The molecule has 0 radical (unpaired) electrons. The Morgan fingerprint density at radius 1 is 1.36 bits per heavy atom. The van der Waals surface area contributed by atoms with Gasteiger partial charge in [0, 0.05) is 26.1 Å². The first kappa shape index (κ1) is 21.5. The Bertz CT molecular complexity index is 718. The summed E-state index contributed by atoms with van der Waals surface area (Å²) in [6.45, 7) is 8.19. The Morgan fingerprint density at radius 3 is 2.57 bits per heavy atom. The number of nitro groups is 1. The third-order valence-corrected chi connectivity index (χ3v) is 4.24. The number of rotatable bonds is 5. The van der Waals surface area contributed by atoms with Crippen LogP contribution >= 0.6 is 0 Å². The van der Waals surface area contributed by atoms with Gasteiger partial charge >= 0.3 is 18.0 Å². The van der Waals surface area contributed by atoms with E-state index in [-0.39, 0.29) is 31.1 Å². The number of hydrogen-bond donors (Lipinski definition) is 1. The molecule has 1 saturated heterocycles. The van der Waals surface area contributed by atoms with Crippen LogP contribution in [0.25, 0.3) is 0 Å². The van der Waals surface area contributed by atoms with Crippen molar-refractivity contribution in [2.24, 2.45) is 0 Å². The molecular formula is C17H27N5O6. The first-order chi connectivity index (χ1) is 13.1. The van der Waals surface area contributed by atoms with Crippen LogP contribution in [0.4, 0.5) is 15.4 Å². The van der Waals surface area contributed by atoms with Crippen LogP contribution in [0.15, 0.2) is 6.20 Å². The molecular weight excluding hydrogens is 370 g/mol. The average molecular weight is 397 g/mol. The van der Waals surface area contributed by atoms with Crippen molar-refractivity contribution in [1.29, 1.82) is 0 Å². The Labute approximate surface area is 163 Å². The minimum Gasteiger partial charge on any atom is -0.445 e. The van der Waals surface area contributed by atoms with Crippen LogP contribution in [0, 0.1) is 17.0 Å². The predicted molar refractivity (Wildman–Crippen MR) is 98.9 cm³/mol. The molecule has 11 nitrogen and oxygen atoms in total. The Balaban J connectivity index is 1.71. The van der Waals surface area contributed by atoms with E-state index in [0.717, 1.165) is 0 Å². The summed E-state index contributed by atoms with van der Waals surface area (Å²) in [5.74, 6) is 0.334. The smallest absolute Gasteiger partial charge is 0.410 e. The van der Waals surface area contributed by atoms with E-state index in [4.69, 9.17) is 9.47 Å². The summed E-state index contributed by atoms with van der Waals surface area (Å²) in [5.41, 5.74) is -0.543. The number of alkyl carbamates (subject to hydrolysis) is 1. The lowest BCUT2D eigenvalue weighted by Crippen LogP contribution is -2.48. The third kappa shape index (κ3) is 6.10. The fourth-order valence-electron chi connectivity index (χ4n) is 2.85. The number of ether oxygens (including phenoxy) is 2. The molecule has 28 heavy (non-hydrogen) atoms. The highest BCUT2D eigenvalue weighted by atomic mass is 16.6. The SMILES string of the molecule is Cc1ncc([N+](=O)[O-])n1CCOC(=O)NC1CCN(C(=O)OC(C)(C)C)CC1. The Kier molecular flexibility index (Phi) is 6.81. The van der Waals surface area contributed by atoms with E-state index in [0.29, 0.717) is 31.8 Å². The van der Waals surface area contributed by atoms with Gasteiger partial charge in [0.25, 0.3) is 0 Å². The molecule has 1 fully saturated rings. The molecule has 0 bridgehead atoms. The fourth-order valence-corrected chi connectivity index (χ4v) is 2.85. The second-order valence-corrected chi connectivity index (χ2v) is 7.59. The van der Waals surface area contributed by atoms with Crippen LogP contribution < -0.4 is 5.32 Å².